The van der Waals surface area contributed by atoms with Crippen molar-refractivity contribution in [3.8, 4) is 11.4 Å². The van der Waals surface area contributed by atoms with Crippen LogP contribution in [0.3, 0.4) is 0 Å². The number of rotatable bonds is 5. The first kappa shape index (κ1) is 21.5. The lowest BCUT2D eigenvalue weighted by molar-refractivity contribution is 0.0781. The Morgan fingerprint density at radius 3 is 2.71 bits per heavy atom. The van der Waals surface area contributed by atoms with E-state index in [0.717, 1.165) is 27.8 Å². The molecular formula is C23H21BrClN5O. The van der Waals surface area contributed by atoms with Crippen LogP contribution < -0.4 is 0 Å². The molecule has 0 aliphatic rings. The molecule has 4 rings (SSSR count). The van der Waals surface area contributed by atoms with E-state index in [-0.39, 0.29) is 5.91 Å². The number of halogens is 2. The van der Waals surface area contributed by atoms with Crippen LogP contribution in [0.15, 0.2) is 53.1 Å². The number of aromatic nitrogens is 4. The summed E-state index contributed by atoms with van der Waals surface area (Å²) in [7, 11) is 1.77. The standard InChI is InChI=1S/C23H21BrClN5O/c1-4-30-14(2)16(12-26-30)13-29(3)23(31)21-19-11-18(25)8-9-20(19)27-22(28-21)15-6-5-7-17(24)10-15/h5-12H,4,13H2,1-3H3. The van der Waals surface area contributed by atoms with E-state index in [2.05, 4.69) is 31.0 Å². The number of hydrogen-bond acceptors (Lipinski definition) is 4. The third kappa shape index (κ3) is 4.34. The van der Waals surface area contributed by atoms with Crippen LogP contribution >= 0.6 is 27.5 Å². The molecule has 8 heteroatoms. The first-order chi connectivity index (χ1) is 14.9. The summed E-state index contributed by atoms with van der Waals surface area (Å²) in [5.74, 6) is 0.289. The van der Waals surface area contributed by atoms with Crippen molar-refractivity contribution in [1.82, 2.24) is 24.6 Å². The highest BCUT2D eigenvalue weighted by atomic mass is 79.9. The average Bonchev–Trinajstić information content (AvgIpc) is 3.11. The second kappa shape index (κ2) is 8.77. The molecule has 0 aliphatic heterocycles. The predicted molar refractivity (Wildman–Crippen MR) is 126 cm³/mol. The van der Waals surface area contributed by atoms with Gasteiger partial charge in [-0.1, -0.05) is 39.7 Å². The molecule has 0 fully saturated rings. The topological polar surface area (TPSA) is 63.9 Å². The van der Waals surface area contributed by atoms with Gasteiger partial charge in [0.05, 0.1) is 11.7 Å². The molecule has 2 aromatic carbocycles. The molecule has 2 aromatic heterocycles. The van der Waals surface area contributed by atoms with Crippen LogP contribution in [0.1, 0.15) is 28.7 Å². The Morgan fingerprint density at radius 2 is 2.00 bits per heavy atom. The summed E-state index contributed by atoms with van der Waals surface area (Å²) in [6.45, 7) is 5.27. The van der Waals surface area contributed by atoms with Crippen molar-refractivity contribution in [2.75, 3.05) is 7.05 Å². The van der Waals surface area contributed by atoms with Gasteiger partial charge in [0.1, 0.15) is 5.69 Å². The van der Waals surface area contributed by atoms with Gasteiger partial charge in [-0.2, -0.15) is 5.10 Å². The maximum atomic E-state index is 13.5. The van der Waals surface area contributed by atoms with Crippen LogP contribution in [0.5, 0.6) is 0 Å². The molecule has 0 radical (unpaired) electrons. The molecule has 158 valence electrons. The highest BCUT2D eigenvalue weighted by Crippen LogP contribution is 2.27. The maximum Gasteiger partial charge on any atom is 0.273 e. The molecule has 0 bridgehead atoms. The second-order valence-corrected chi connectivity index (χ2v) is 8.65. The highest BCUT2D eigenvalue weighted by molar-refractivity contribution is 9.10. The Kier molecular flexibility index (Phi) is 6.07. The van der Waals surface area contributed by atoms with Crippen molar-refractivity contribution < 1.29 is 4.79 Å². The Hall–Kier alpha value is -2.77. The van der Waals surface area contributed by atoms with Gasteiger partial charge in [-0.3, -0.25) is 9.48 Å². The average molecular weight is 499 g/mol. The number of fused-ring (bicyclic) bond motifs is 1. The van der Waals surface area contributed by atoms with E-state index in [9.17, 15) is 4.79 Å². The van der Waals surface area contributed by atoms with Gasteiger partial charge in [-0.05, 0) is 44.2 Å². The molecular weight excluding hydrogens is 478 g/mol. The lowest BCUT2D eigenvalue weighted by Crippen LogP contribution is -2.27. The number of aryl methyl sites for hydroxylation is 1. The minimum absolute atomic E-state index is 0.199. The van der Waals surface area contributed by atoms with Crippen LogP contribution in [0, 0.1) is 6.92 Å². The van der Waals surface area contributed by atoms with Gasteiger partial charge in [0, 0.05) is 51.8 Å². The molecule has 4 aromatic rings. The van der Waals surface area contributed by atoms with Crippen molar-refractivity contribution in [3.63, 3.8) is 0 Å². The summed E-state index contributed by atoms with van der Waals surface area (Å²) in [5, 5.41) is 5.53. The summed E-state index contributed by atoms with van der Waals surface area (Å²) in [5.41, 5.74) is 3.86. The van der Waals surface area contributed by atoms with Crippen molar-refractivity contribution in [2.45, 2.75) is 26.9 Å². The molecule has 0 spiro atoms. The minimum atomic E-state index is -0.199. The van der Waals surface area contributed by atoms with Gasteiger partial charge < -0.3 is 4.90 Å². The zero-order chi connectivity index (χ0) is 22.1. The Labute approximate surface area is 194 Å². The van der Waals surface area contributed by atoms with E-state index in [1.54, 1.807) is 24.1 Å². The summed E-state index contributed by atoms with van der Waals surface area (Å²) in [6.07, 6.45) is 1.81. The molecule has 0 unspecified atom stereocenters. The van der Waals surface area contributed by atoms with Gasteiger partial charge in [-0.25, -0.2) is 9.97 Å². The number of amides is 1. The second-order valence-electron chi connectivity index (χ2n) is 7.30. The highest BCUT2D eigenvalue weighted by Gasteiger charge is 2.21. The number of carbonyl (C=O) groups is 1. The number of carbonyl (C=O) groups excluding carboxylic acids is 1. The SMILES string of the molecule is CCn1ncc(CN(C)C(=O)c2nc(-c3cccc(Br)c3)nc3ccc(Cl)cc23)c1C. The van der Waals surface area contributed by atoms with Crippen LogP contribution in [-0.4, -0.2) is 37.6 Å². The maximum absolute atomic E-state index is 13.5. The third-order valence-corrected chi connectivity index (χ3v) is 5.93. The molecule has 1 amide bonds. The zero-order valence-electron chi connectivity index (χ0n) is 17.4. The van der Waals surface area contributed by atoms with Gasteiger partial charge in [-0.15, -0.1) is 0 Å². The molecule has 0 N–H and O–H groups in total. The number of hydrogen-bond donors (Lipinski definition) is 0. The lowest BCUT2D eigenvalue weighted by Gasteiger charge is -2.18. The number of nitrogens with zero attached hydrogens (tertiary/aromatic N) is 5. The summed E-state index contributed by atoms with van der Waals surface area (Å²) in [4.78, 5) is 24.4. The smallest absolute Gasteiger partial charge is 0.273 e. The summed E-state index contributed by atoms with van der Waals surface area (Å²) >= 11 is 9.71. The molecule has 0 aliphatic carbocycles. The Bertz CT molecular complexity index is 1290. The van der Waals surface area contributed by atoms with Gasteiger partial charge in [0.15, 0.2) is 5.82 Å². The number of benzene rings is 2. The fourth-order valence-electron chi connectivity index (χ4n) is 3.49. The van der Waals surface area contributed by atoms with Crippen LogP contribution in [0.4, 0.5) is 0 Å². The van der Waals surface area contributed by atoms with Crippen LogP contribution in [-0.2, 0) is 13.1 Å². The van der Waals surface area contributed by atoms with E-state index in [0.29, 0.717) is 34.0 Å². The summed E-state index contributed by atoms with van der Waals surface area (Å²) in [6, 6.07) is 13.0. The molecule has 0 saturated heterocycles. The minimum Gasteiger partial charge on any atom is -0.336 e. The molecule has 6 nitrogen and oxygen atoms in total. The first-order valence-electron chi connectivity index (χ1n) is 9.87. The monoisotopic (exact) mass is 497 g/mol. The van der Waals surface area contributed by atoms with E-state index in [1.807, 2.05) is 55.1 Å². The fourth-order valence-corrected chi connectivity index (χ4v) is 4.06. The molecule has 31 heavy (non-hydrogen) atoms. The van der Waals surface area contributed by atoms with Crippen LogP contribution in [0.25, 0.3) is 22.3 Å². The Balaban J connectivity index is 1.77. The third-order valence-electron chi connectivity index (χ3n) is 5.20. The van der Waals surface area contributed by atoms with E-state index in [1.165, 1.54) is 0 Å². The van der Waals surface area contributed by atoms with Crippen molar-refractivity contribution in [2.24, 2.45) is 0 Å². The van der Waals surface area contributed by atoms with E-state index >= 15 is 0 Å². The quantitative estimate of drug-likeness (QED) is 0.364. The fraction of sp³-hybridized carbons (Fsp3) is 0.217. The zero-order valence-corrected chi connectivity index (χ0v) is 19.8. The molecule has 0 atom stereocenters. The largest absolute Gasteiger partial charge is 0.336 e. The molecule has 2 heterocycles. The van der Waals surface area contributed by atoms with E-state index in [4.69, 9.17) is 11.6 Å². The van der Waals surface area contributed by atoms with Crippen molar-refractivity contribution >= 4 is 44.3 Å². The van der Waals surface area contributed by atoms with Crippen LogP contribution in [0.2, 0.25) is 5.02 Å². The lowest BCUT2D eigenvalue weighted by atomic mass is 10.1. The van der Waals surface area contributed by atoms with Gasteiger partial charge in [0.2, 0.25) is 0 Å². The van der Waals surface area contributed by atoms with Gasteiger partial charge in [0.25, 0.3) is 5.91 Å². The van der Waals surface area contributed by atoms with E-state index < -0.39 is 0 Å². The molecule has 0 saturated carbocycles. The van der Waals surface area contributed by atoms with Crippen molar-refractivity contribution in [3.05, 3.63) is 75.1 Å². The Morgan fingerprint density at radius 1 is 1.19 bits per heavy atom. The van der Waals surface area contributed by atoms with Gasteiger partial charge >= 0.3 is 0 Å². The summed E-state index contributed by atoms with van der Waals surface area (Å²) < 4.78 is 2.83. The predicted octanol–water partition coefficient (Wildman–Crippen LogP) is 5.51. The van der Waals surface area contributed by atoms with Crippen molar-refractivity contribution in [1.29, 1.82) is 0 Å². The normalized spacial score (nSPS) is 11.1. The first-order valence-corrected chi connectivity index (χ1v) is 11.0.